The molecule has 4 unspecified atom stereocenters. The summed E-state index contributed by atoms with van der Waals surface area (Å²) in [6.45, 7) is 13.9. The zero-order chi connectivity index (χ0) is 20.5. The lowest BCUT2D eigenvalue weighted by atomic mass is 9.94. The Kier molecular flexibility index (Phi) is 6.28. The number of anilines is 1. The van der Waals surface area contributed by atoms with E-state index in [1.807, 2.05) is 11.0 Å². The van der Waals surface area contributed by atoms with Crippen LogP contribution in [0.1, 0.15) is 46.1 Å². The molecular weight excluding hydrogens is 362 g/mol. The van der Waals surface area contributed by atoms with Crippen LogP contribution in [-0.2, 0) is 16.0 Å². The third-order valence-corrected chi connectivity index (χ3v) is 7.01. The topological polar surface area (TPSA) is 36.0 Å². The van der Waals surface area contributed by atoms with E-state index in [0.717, 1.165) is 44.2 Å². The quantitative estimate of drug-likeness (QED) is 0.779. The van der Waals surface area contributed by atoms with Crippen molar-refractivity contribution in [3.63, 3.8) is 0 Å². The van der Waals surface area contributed by atoms with Gasteiger partial charge in [-0.1, -0.05) is 18.2 Å². The SMILES string of the molecule is CC1CN(CC2CCN(C(C)C(=O)N3c4ccccc4CC3C)CC2)CC(C)O1. The predicted octanol–water partition coefficient (Wildman–Crippen LogP) is 3.17. The molecule has 2 fully saturated rings. The minimum atomic E-state index is -0.0482. The molecule has 0 N–H and O–H groups in total. The highest BCUT2D eigenvalue weighted by Crippen LogP contribution is 2.33. The van der Waals surface area contributed by atoms with Gasteiger partial charge in [0.05, 0.1) is 18.2 Å². The standard InChI is InChI=1S/C24H37N3O2/c1-17-13-22-7-5-6-8-23(22)27(17)24(28)20(4)26-11-9-21(10-12-26)16-25-14-18(2)29-19(3)15-25/h5-8,17-21H,9-16H2,1-4H3. The highest BCUT2D eigenvalue weighted by Gasteiger charge is 2.36. The number of carbonyl (C=O) groups is 1. The van der Waals surface area contributed by atoms with Crippen LogP contribution < -0.4 is 4.90 Å². The van der Waals surface area contributed by atoms with Gasteiger partial charge in [-0.05, 0) is 77.6 Å². The van der Waals surface area contributed by atoms with Gasteiger partial charge in [0.25, 0.3) is 0 Å². The Labute approximate surface area is 176 Å². The van der Waals surface area contributed by atoms with E-state index in [0.29, 0.717) is 12.2 Å². The van der Waals surface area contributed by atoms with Gasteiger partial charge in [-0.25, -0.2) is 0 Å². The van der Waals surface area contributed by atoms with E-state index in [4.69, 9.17) is 4.74 Å². The van der Waals surface area contributed by atoms with E-state index in [-0.39, 0.29) is 18.0 Å². The van der Waals surface area contributed by atoms with Crippen LogP contribution >= 0.6 is 0 Å². The van der Waals surface area contributed by atoms with Crippen LogP contribution in [0.4, 0.5) is 5.69 Å². The Balaban J connectivity index is 1.31. The summed E-state index contributed by atoms with van der Waals surface area (Å²) in [5, 5.41) is 0. The molecule has 4 rings (SSSR count). The van der Waals surface area contributed by atoms with Gasteiger partial charge in [0.2, 0.25) is 5.91 Å². The molecule has 29 heavy (non-hydrogen) atoms. The number of para-hydroxylation sites is 1. The molecule has 3 aliphatic heterocycles. The van der Waals surface area contributed by atoms with Crippen molar-refractivity contribution in [1.29, 1.82) is 0 Å². The first-order valence-electron chi connectivity index (χ1n) is 11.4. The van der Waals surface area contributed by atoms with Crippen molar-refractivity contribution in [2.75, 3.05) is 37.6 Å². The summed E-state index contributed by atoms with van der Waals surface area (Å²) in [6, 6.07) is 8.57. The highest BCUT2D eigenvalue weighted by molar-refractivity contribution is 5.99. The molecule has 5 heteroatoms. The van der Waals surface area contributed by atoms with Crippen molar-refractivity contribution in [2.24, 2.45) is 5.92 Å². The molecule has 1 amide bonds. The van der Waals surface area contributed by atoms with Crippen molar-refractivity contribution in [3.8, 4) is 0 Å². The molecule has 0 bridgehead atoms. The monoisotopic (exact) mass is 399 g/mol. The second-order valence-electron chi connectivity index (χ2n) is 9.52. The van der Waals surface area contributed by atoms with Crippen molar-refractivity contribution in [2.45, 2.75) is 71.2 Å². The Morgan fingerprint density at radius 1 is 1.10 bits per heavy atom. The fourth-order valence-corrected chi connectivity index (χ4v) is 5.58. The van der Waals surface area contributed by atoms with E-state index in [9.17, 15) is 4.79 Å². The maximum atomic E-state index is 13.4. The molecule has 0 spiro atoms. The van der Waals surface area contributed by atoms with Crippen LogP contribution in [0.15, 0.2) is 24.3 Å². The molecule has 4 atom stereocenters. The van der Waals surface area contributed by atoms with Crippen LogP contribution in [0.3, 0.4) is 0 Å². The van der Waals surface area contributed by atoms with Gasteiger partial charge in [0.1, 0.15) is 0 Å². The molecule has 0 aromatic heterocycles. The number of carbonyl (C=O) groups excluding carboxylic acids is 1. The fourth-order valence-electron chi connectivity index (χ4n) is 5.58. The first kappa shape index (κ1) is 20.8. The van der Waals surface area contributed by atoms with Gasteiger partial charge < -0.3 is 9.64 Å². The fraction of sp³-hybridized carbons (Fsp3) is 0.708. The molecule has 0 radical (unpaired) electrons. The smallest absolute Gasteiger partial charge is 0.244 e. The molecule has 1 aromatic rings. The first-order chi connectivity index (χ1) is 13.9. The molecule has 0 saturated carbocycles. The molecule has 5 nitrogen and oxygen atoms in total. The number of benzene rings is 1. The van der Waals surface area contributed by atoms with E-state index in [1.54, 1.807) is 0 Å². The summed E-state index contributed by atoms with van der Waals surface area (Å²) < 4.78 is 5.87. The van der Waals surface area contributed by atoms with Gasteiger partial charge in [-0.3, -0.25) is 14.6 Å². The zero-order valence-corrected chi connectivity index (χ0v) is 18.5. The maximum absolute atomic E-state index is 13.4. The number of hydrogen-bond donors (Lipinski definition) is 0. The van der Waals surface area contributed by atoms with E-state index < -0.39 is 0 Å². The number of rotatable bonds is 4. The molecule has 3 aliphatic rings. The molecule has 2 saturated heterocycles. The number of fused-ring (bicyclic) bond motifs is 1. The Hall–Kier alpha value is -1.43. The lowest BCUT2D eigenvalue weighted by molar-refractivity contribution is -0.124. The minimum absolute atomic E-state index is 0.0482. The number of likely N-dealkylation sites (tertiary alicyclic amines) is 1. The Bertz CT molecular complexity index is 706. The van der Waals surface area contributed by atoms with Crippen molar-refractivity contribution < 1.29 is 9.53 Å². The average Bonchev–Trinajstić information content (AvgIpc) is 3.02. The second kappa shape index (κ2) is 8.75. The number of ether oxygens (including phenoxy) is 1. The van der Waals surface area contributed by atoms with Gasteiger partial charge in [-0.2, -0.15) is 0 Å². The largest absolute Gasteiger partial charge is 0.373 e. The van der Waals surface area contributed by atoms with E-state index in [1.165, 1.54) is 24.9 Å². The highest BCUT2D eigenvalue weighted by atomic mass is 16.5. The van der Waals surface area contributed by atoms with Crippen molar-refractivity contribution in [3.05, 3.63) is 29.8 Å². The van der Waals surface area contributed by atoms with Gasteiger partial charge in [0, 0.05) is 31.4 Å². The third-order valence-electron chi connectivity index (χ3n) is 7.01. The van der Waals surface area contributed by atoms with Crippen LogP contribution in [0, 0.1) is 5.92 Å². The third kappa shape index (κ3) is 4.52. The van der Waals surface area contributed by atoms with E-state index >= 15 is 0 Å². The van der Waals surface area contributed by atoms with E-state index in [2.05, 4.69) is 55.7 Å². The maximum Gasteiger partial charge on any atom is 0.244 e. The van der Waals surface area contributed by atoms with Gasteiger partial charge >= 0.3 is 0 Å². The van der Waals surface area contributed by atoms with Crippen LogP contribution in [0.2, 0.25) is 0 Å². The normalized spacial score (nSPS) is 30.3. The summed E-state index contributed by atoms with van der Waals surface area (Å²) in [6.07, 6.45) is 4.00. The summed E-state index contributed by atoms with van der Waals surface area (Å²) in [5.41, 5.74) is 2.41. The summed E-state index contributed by atoms with van der Waals surface area (Å²) in [5.74, 6) is 0.995. The van der Waals surface area contributed by atoms with Crippen LogP contribution in [0.5, 0.6) is 0 Å². The molecular formula is C24H37N3O2. The lowest BCUT2D eigenvalue weighted by Gasteiger charge is -2.41. The summed E-state index contributed by atoms with van der Waals surface area (Å²) in [7, 11) is 0. The van der Waals surface area contributed by atoms with Crippen LogP contribution in [0.25, 0.3) is 0 Å². The Morgan fingerprint density at radius 3 is 2.45 bits per heavy atom. The summed E-state index contributed by atoms with van der Waals surface area (Å²) >= 11 is 0. The molecule has 0 aliphatic carbocycles. The lowest BCUT2D eigenvalue weighted by Crippen LogP contribution is -2.52. The van der Waals surface area contributed by atoms with Crippen molar-refractivity contribution >= 4 is 11.6 Å². The number of amides is 1. The summed E-state index contributed by atoms with van der Waals surface area (Å²) in [4.78, 5) is 20.4. The second-order valence-corrected chi connectivity index (χ2v) is 9.52. The number of hydrogen-bond acceptors (Lipinski definition) is 4. The first-order valence-corrected chi connectivity index (χ1v) is 11.4. The van der Waals surface area contributed by atoms with Gasteiger partial charge in [-0.15, -0.1) is 0 Å². The number of morpholine rings is 1. The molecule has 1 aromatic carbocycles. The zero-order valence-electron chi connectivity index (χ0n) is 18.5. The molecule has 160 valence electrons. The number of piperidine rings is 1. The van der Waals surface area contributed by atoms with Crippen molar-refractivity contribution in [1.82, 2.24) is 9.80 Å². The Morgan fingerprint density at radius 2 is 1.76 bits per heavy atom. The van der Waals surface area contributed by atoms with Crippen LogP contribution in [-0.4, -0.2) is 72.7 Å². The average molecular weight is 400 g/mol. The number of nitrogens with zero attached hydrogens (tertiary/aromatic N) is 3. The minimum Gasteiger partial charge on any atom is -0.373 e. The predicted molar refractivity (Wildman–Crippen MR) is 117 cm³/mol. The molecule has 3 heterocycles. The van der Waals surface area contributed by atoms with Gasteiger partial charge in [0.15, 0.2) is 0 Å².